The minimum absolute atomic E-state index is 0.123. The van der Waals surface area contributed by atoms with Gasteiger partial charge in [0.2, 0.25) is 0 Å². The maximum atomic E-state index is 12.2. The molecule has 0 atom stereocenters. The van der Waals surface area contributed by atoms with Crippen molar-refractivity contribution in [1.29, 1.82) is 0 Å². The second-order valence-corrected chi connectivity index (χ2v) is 8.20. The molecule has 6 nitrogen and oxygen atoms in total. The van der Waals surface area contributed by atoms with Crippen LogP contribution in [0.1, 0.15) is 12.5 Å². The molecule has 0 aliphatic rings. The number of benzene rings is 2. The summed E-state index contributed by atoms with van der Waals surface area (Å²) in [6, 6.07) is 9.72. The highest BCUT2D eigenvalue weighted by molar-refractivity contribution is 9.10. The SMILES string of the molecule is CCOc1c(Br)cc(/C=N\NS(=O)(=O)c2ccc(Br)cc2)cc1OC. The second-order valence-electron chi connectivity index (χ2n) is 4.77. The molecule has 0 aromatic heterocycles. The summed E-state index contributed by atoms with van der Waals surface area (Å²) in [6.45, 7) is 2.37. The van der Waals surface area contributed by atoms with Crippen molar-refractivity contribution < 1.29 is 17.9 Å². The normalized spacial score (nSPS) is 11.5. The van der Waals surface area contributed by atoms with Crippen molar-refractivity contribution in [3.05, 3.63) is 50.9 Å². The van der Waals surface area contributed by atoms with Crippen molar-refractivity contribution >= 4 is 48.1 Å². The fourth-order valence-electron chi connectivity index (χ4n) is 1.94. The lowest BCUT2D eigenvalue weighted by atomic mass is 10.2. The zero-order valence-electron chi connectivity index (χ0n) is 13.5. The summed E-state index contributed by atoms with van der Waals surface area (Å²) in [4.78, 5) is 2.30. The van der Waals surface area contributed by atoms with Crippen LogP contribution in [0.2, 0.25) is 0 Å². The van der Waals surface area contributed by atoms with Crippen molar-refractivity contribution in [3.63, 3.8) is 0 Å². The van der Waals surface area contributed by atoms with E-state index in [2.05, 4.69) is 41.8 Å². The summed E-state index contributed by atoms with van der Waals surface area (Å²) in [7, 11) is -2.20. The highest BCUT2D eigenvalue weighted by atomic mass is 79.9. The van der Waals surface area contributed by atoms with E-state index in [-0.39, 0.29) is 4.90 Å². The maximum Gasteiger partial charge on any atom is 0.276 e. The summed E-state index contributed by atoms with van der Waals surface area (Å²) in [5, 5.41) is 3.81. The summed E-state index contributed by atoms with van der Waals surface area (Å²) < 4.78 is 36.6. The Balaban J connectivity index is 2.19. The third-order valence-corrected chi connectivity index (χ3v) is 5.41. The fraction of sp³-hybridized carbons (Fsp3) is 0.188. The molecule has 0 radical (unpaired) electrons. The van der Waals surface area contributed by atoms with Gasteiger partial charge < -0.3 is 9.47 Å². The molecule has 134 valence electrons. The smallest absolute Gasteiger partial charge is 0.276 e. The molecule has 0 amide bonds. The van der Waals surface area contributed by atoms with E-state index in [0.29, 0.717) is 28.1 Å². The van der Waals surface area contributed by atoms with Gasteiger partial charge in [0.1, 0.15) is 0 Å². The van der Waals surface area contributed by atoms with E-state index >= 15 is 0 Å². The molecule has 0 aliphatic carbocycles. The molecule has 0 saturated heterocycles. The molecule has 0 heterocycles. The monoisotopic (exact) mass is 490 g/mol. The number of rotatable bonds is 7. The minimum atomic E-state index is -3.73. The van der Waals surface area contributed by atoms with Crippen LogP contribution in [-0.4, -0.2) is 28.3 Å². The van der Waals surface area contributed by atoms with Crippen molar-refractivity contribution in [3.8, 4) is 11.5 Å². The molecule has 0 saturated carbocycles. The number of hydrogen-bond acceptors (Lipinski definition) is 5. The van der Waals surface area contributed by atoms with Gasteiger partial charge in [-0.15, -0.1) is 0 Å². The molecule has 9 heteroatoms. The highest BCUT2D eigenvalue weighted by Gasteiger charge is 2.13. The zero-order valence-corrected chi connectivity index (χ0v) is 17.5. The fourth-order valence-corrected chi connectivity index (χ4v) is 3.57. The number of nitrogens with one attached hydrogen (secondary N) is 1. The molecule has 2 aromatic rings. The van der Waals surface area contributed by atoms with E-state index in [1.165, 1.54) is 25.5 Å². The average Bonchev–Trinajstić information content (AvgIpc) is 2.57. The van der Waals surface area contributed by atoms with Crippen LogP contribution in [0, 0.1) is 0 Å². The first kappa shape index (κ1) is 19.7. The number of nitrogens with zero attached hydrogens (tertiary/aromatic N) is 1. The number of sulfonamides is 1. The minimum Gasteiger partial charge on any atom is -0.493 e. The van der Waals surface area contributed by atoms with E-state index in [4.69, 9.17) is 9.47 Å². The maximum absolute atomic E-state index is 12.2. The zero-order chi connectivity index (χ0) is 18.4. The predicted molar refractivity (Wildman–Crippen MR) is 104 cm³/mol. The van der Waals surface area contributed by atoms with Gasteiger partial charge in [-0.25, -0.2) is 4.83 Å². The van der Waals surface area contributed by atoms with Crippen molar-refractivity contribution in [2.45, 2.75) is 11.8 Å². The summed E-state index contributed by atoms with van der Waals surface area (Å²) in [6.07, 6.45) is 1.39. The highest BCUT2D eigenvalue weighted by Crippen LogP contribution is 2.36. The Morgan fingerprint density at radius 2 is 1.88 bits per heavy atom. The van der Waals surface area contributed by atoms with Crippen LogP contribution in [0.15, 0.2) is 55.3 Å². The van der Waals surface area contributed by atoms with Gasteiger partial charge in [0, 0.05) is 4.47 Å². The molecule has 1 N–H and O–H groups in total. The van der Waals surface area contributed by atoms with Gasteiger partial charge in [0.15, 0.2) is 11.5 Å². The number of hydrazone groups is 1. The molecular weight excluding hydrogens is 476 g/mol. The molecule has 2 rings (SSSR count). The van der Waals surface area contributed by atoms with Crippen LogP contribution < -0.4 is 14.3 Å². The van der Waals surface area contributed by atoms with Gasteiger partial charge in [-0.2, -0.15) is 13.5 Å². The Bertz CT molecular complexity index is 868. The molecule has 25 heavy (non-hydrogen) atoms. The first-order valence-corrected chi connectivity index (χ1v) is 10.2. The molecule has 0 aliphatic heterocycles. The van der Waals surface area contributed by atoms with Crippen LogP contribution in [0.4, 0.5) is 0 Å². The second kappa shape index (κ2) is 8.68. The van der Waals surface area contributed by atoms with Crippen LogP contribution in [-0.2, 0) is 10.0 Å². The topological polar surface area (TPSA) is 77.0 Å². The van der Waals surface area contributed by atoms with Crippen LogP contribution in [0.25, 0.3) is 0 Å². The van der Waals surface area contributed by atoms with Crippen molar-refractivity contribution in [2.24, 2.45) is 5.10 Å². The van der Waals surface area contributed by atoms with E-state index < -0.39 is 10.0 Å². The summed E-state index contributed by atoms with van der Waals surface area (Å²) in [5.74, 6) is 1.10. The lowest BCUT2D eigenvalue weighted by molar-refractivity contribution is 0.309. The molecular formula is C16H16Br2N2O4S. The van der Waals surface area contributed by atoms with Gasteiger partial charge >= 0.3 is 0 Å². The first-order chi connectivity index (χ1) is 11.9. The van der Waals surface area contributed by atoms with Gasteiger partial charge in [-0.05, 0) is 64.8 Å². The summed E-state index contributed by atoms with van der Waals surface area (Å²) >= 11 is 6.67. The first-order valence-electron chi connectivity index (χ1n) is 7.18. The quantitative estimate of drug-likeness (QED) is 0.470. The predicted octanol–water partition coefficient (Wildman–Crippen LogP) is 3.93. The number of halogens is 2. The van der Waals surface area contributed by atoms with Gasteiger partial charge in [0.05, 0.1) is 29.3 Å². The Kier molecular flexibility index (Phi) is 6.86. The molecule has 2 aromatic carbocycles. The third-order valence-electron chi connectivity index (χ3n) is 3.05. The number of methoxy groups -OCH3 is 1. The van der Waals surface area contributed by atoms with E-state index in [1.54, 1.807) is 24.3 Å². The molecule has 0 spiro atoms. The van der Waals surface area contributed by atoms with Gasteiger partial charge in [0.25, 0.3) is 10.0 Å². The number of ether oxygens (including phenoxy) is 2. The van der Waals surface area contributed by atoms with Gasteiger partial charge in [-0.1, -0.05) is 15.9 Å². The molecule has 0 fully saturated rings. The van der Waals surface area contributed by atoms with Crippen LogP contribution >= 0.6 is 31.9 Å². The van der Waals surface area contributed by atoms with E-state index in [0.717, 1.165) is 4.47 Å². The lowest BCUT2D eigenvalue weighted by Crippen LogP contribution is -2.18. The standard InChI is InChI=1S/C16H16Br2N2O4S/c1-3-24-16-14(18)8-11(9-15(16)23-2)10-19-20-25(21,22)13-6-4-12(17)5-7-13/h4-10,20H,3H2,1-2H3/b19-10-. The largest absolute Gasteiger partial charge is 0.493 e. The van der Waals surface area contributed by atoms with Gasteiger partial charge in [-0.3, -0.25) is 0 Å². The van der Waals surface area contributed by atoms with Crippen molar-refractivity contribution in [1.82, 2.24) is 4.83 Å². The Morgan fingerprint density at radius 1 is 1.20 bits per heavy atom. The van der Waals surface area contributed by atoms with E-state index in [1.807, 2.05) is 6.92 Å². The molecule has 0 unspecified atom stereocenters. The van der Waals surface area contributed by atoms with E-state index in [9.17, 15) is 8.42 Å². The lowest BCUT2D eigenvalue weighted by Gasteiger charge is -2.12. The van der Waals surface area contributed by atoms with Crippen LogP contribution in [0.3, 0.4) is 0 Å². The Morgan fingerprint density at radius 3 is 2.48 bits per heavy atom. The third kappa shape index (κ3) is 5.20. The Hall–Kier alpha value is -1.58. The summed E-state index contributed by atoms with van der Waals surface area (Å²) in [5.41, 5.74) is 0.644. The molecule has 0 bridgehead atoms. The van der Waals surface area contributed by atoms with Crippen molar-refractivity contribution in [2.75, 3.05) is 13.7 Å². The Labute approximate surface area is 163 Å². The average molecular weight is 492 g/mol. The van der Waals surface area contributed by atoms with Crippen LogP contribution in [0.5, 0.6) is 11.5 Å². The number of hydrogen-bond donors (Lipinski definition) is 1.